The monoisotopic (exact) mass is 445 g/mol. The van der Waals surface area contributed by atoms with Gasteiger partial charge in [-0.05, 0) is 0 Å². The Morgan fingerprint density at radius 1 is 1.17 bits per heavy atom. The summed E-state index contributed by atoms with van der Waals surface area (Å²) >= 11 is 1.26. The van der Waals surface area contributed by atoms with Gasteiger partial charge in [0.25, 0.3) is 0 Å². The van der Waals surface area contributed by atoms with E-state index in [0.717, 1.165) is 18.2 Å². The molecule has 0 bridgehead atoms. The van der Waals surface area contributed by atoms with Crippen molar-refractivity contribution >= 4 is 46.6 Å². The van der Waals surface area contributed by atoms with Crippen LogP contribution in [0.15, 0.2) is 6.20 Å². The molecule has 2 rings (SSSR count). The summed E-state index contributed by atoms with van der Waals surface area (Å²) in [5.41, 5.74) is -0.433. The molecule has 0 aliphatic carbocycles. The Hall–Kier alpha value is -0.501. The molecule has 1 amide bonds. The zero-order valence-corrected chi connectivity index (χ0v) is 18.6. The van der Waals surface area contributed by atoms with Crippen LogP contribution in [-0.2, 0) is 4.74 Å². The summed E-state index contributed by atoms with van der Waals surface area (Å²) in [7, 11) is 0. The predicted molar refractivity (Wildman–Crippen MR) is 97.2 cm³/mol. The van der Waals surface area contributed by atoms with E-state index < -0.39 is 26.7 Å². The van der Waals surface area contributed by atoms with Crippen molar-refractivity contribution in [1.29, 1.82) is 0 Å². The van der Waals surface area contributed by atoms with E-state index in [-0.39, 0.29) is 6.09 Å². The van der Waals surface area contributed by atoms with Crippen LogP contribution in [0.1, 0.15) is 41.5 Å². The van der Waals surface area contributed by atoms with Crippen LogP contribution in [0, 0.1) is 0 Å². The summed E-state index contributed by atoms with van der Waals surface area (Å²) in [4.78, 5) is 20.8. The Balaban J connectivity index is 1.88. The van der Waals surface area contributed by atoms with E-state index in [0.29, 0.717) is 16.5 Å². The summed E-state index contributed by atoms with van der Waals surface area (Å²) in [6, 6.07) is 0. The number of carbonyl (C=O) groups excluding carboxylic acids is 1. The van der Waals surface area contributed by atoms with Gasteiger partial charge >= 0.3 is 154 Å². The summed E-state index contributed by atoms with van der Waals surface area (Å²) in [5.74, 6) is 0. The number of thiazole rings is 1. The van der Waals surface area contributed by atoms with Crippen molar-refractivity contribution in [2.75, 3.05) is 31.1 Å². The quantitative estimate of drug-likeness (QED) is 0.659. The van der Waals surface area contributed by atoms with E-state index >= 15 is 0 Å². The molecule has 0 N–H and O–H groups in total. The molecule has 7 heteroatoms. The molecule has 1 fully saturated rings. The van der Waals surface area contributed by atoms with Crippen LogP contribution in [0.5, 0.6) is 0 Å². The Labute approximate surface area is 153 Å². The SMILES string of the molecule is CC(C)(C)OC(=O)N1CCN(c2nc[c]([Sn][C](C)(C)C)s2)CC1. The molecule has 23 heavy (non-hydrogen) atoms. The fourth-order valence-electron chi connectivity index (χ4n) is 2.25. The van der Waals surface area contributed by atoms with Crippen LogP contribution < -0.4 is 7.79 Å². The summed E-state index contributed by atoms with van der Waals surface area (Å²) in [6.45, 7) is 15.7. The summed E-state index contributed by atoms with van der Waals surface area (Å²) < 4.78 is 7.38. The second kappa shape index (κ2) is 7.17. The van der Waals surface area contributed by atoms with E-state index in [1.54, 1.807) is 4.90 Å². The van der Waals surface area contributed by atoms with Gasteiger partial charge in [0.1, 0.15) is 0 Å². The van der Waals surface area contributed by atoms with E-state index in [2.05, 4.69) is 36.9 Å². The number of anilines is 1. The third kappa shape index (κ3) is 6.14. The number of amides is 1. The van der Waals surface area contributed by atoms with E-state index in [1.807, 2.05) is 32.1 Å². The predicted octanol–water partition coefficient (Wildman–Crippen LogP) is 2.75. The third-order valence-corrected chi connectivity index (χ3v) is 8.84. The zero-order valence-electron chi connectivity index (χ0n) is 15.0. The molecule has 1 aliphatic heterocycles. The number of hydrogen-bond acceptors (Lipinski definition) is 5. The average molecular weight is 444 g/mol. The second-order valence-corrected chi connectivity index (χ2v) is 16.4. The fraction of sp³-hybridized carbons (Fsp3) is 0.750. The van der Waals surface area contributed by atoms with Gasteiger partial charge in [0, 0.05) is 0 Å². The maximum atomic E-state index is 12.1. The Morgan fingerprint density at radius 2 is 1.78 bits per heavy atom. The Morgan fingerprint density at radius 3 is 2.30 bits per heavy atom. The molecule has 0 saturated carbocycles. The van der Waals surface area contributed by atoms with Crippen LogP contribution in [0.25, 0.3) is 0 Å². The second-order valence-electron chi connectivity index (χ2n) is 7.84. The molecule has 1 saturated heterocycles. The van der Waals surface area contributed by atoms with Crippen molar-refractivity contribution in [3.63, 3.8) is 0 Å². The van der Waals surface area contributed by atoms with Crippen molar-refractivity contribution in [1.82, 2.24) is 9.88 Å². The van der Waals surface area contributed by atoms with Crippen LogP contribution in [0.3, 0.4) is 0 Å². The van der Waals surface area contributed by atoms with Crippen molar-refractivity contribution < 1.29 is 9.53 Å². The molecular weight excluding hydrogens is 417 g/mol. The van der Waals surface area contributed by atoms with Gasteiger partial charge in [0.2, 0.25) is 0 Å². The first kappa shape index (κ1) is 18.8. The maximum absolute atomic E-state index is 12.1. The Kier molecular flexibility index (Phi) is 5.87. The number of hydrogen-bond donors (Lipinski definition) is 0. The first-order chi connectivity index (χ1) is 10.5. The number of carbonyl (C=O) groups is 1. The molecule has 128 valence electrons. The van der Waals surface area contributed by atoms with Gasteiger partial charge in [-0.3, -0.25) is 0 Å². The minimum atomic E-state index is -0.584. The molecular formula is C16H27N3O2SSn. The Bertz CT molecular complexity index is 540. The number of ether oxygens (including phenoxy) is 1. The molecule has 1 aromatic heterocycles. The van der Waals surface area contributed by atoms with Gasteiger partial charge < -0.3 is 0 Å². The van der Waals surface area contributed by atoms with Crippen LogP contribution in [0.4, 0.5) is 9.93 Å². The van der Waals surface area contributed by atoms with Crippen molar-refractivity contribution in [3.8, 4) is 0 Å². The average Bonchev–Trinajstić information content (AvgIpc) is 2.83. The summed E-state index contributed by atoms with van der Waals surface area (Å²) in [6.07, 6.45) is 1.86. The number of nitrogens with zero attached hydrogens (tertiary/aromatic N) is 3. The first-order valence-corrected chi connectivity index (χ1v) is 11.7. The van der Waals surface area contributed by atoms with Gasteiger partial charge in [-0.1, -0.05) is 0 Å². The number of rotatable bonds is 2. The first-order valence-electron chi connectivity index (χ1n) is 8.00. The van der Waals surface area contributed by atoms with Crippen molar-refractivity contribution in [2.24, 2.45) is 0 Å². The molecule has 2 radical (unpaired) electrons. The molecule has 1 aliphatic rings. The van der Waals surface area contributed by atoms with Gasteiger partial charge in [-0.15, -0.1) is 0 Å². The van der Waals surface area contributed by atoms with Crippen molar-refractivity contribution in [2.45, 2.75) is 50.6 Å². The van der Waals surface area contributed by atoms with Crippen LogP contribution in [0.2, 0.25) is 3.43 Å². The van der Waals surface area contributed by atoms with Gasteiger partial charge in [0.05, 0.1) is 0 Å². The molecule has 0 aromatic carbocycles. The van der Waals surface area contributed by atoms with Gasteiger partial charge in [-0.25, -0.2) is 0 Å². The topological polar surface area (TPSA) is 45.7 Å². The van der Waals surface area contributed by atoms with Crippen molar-refractivity contribution in [3.05, 3.63) is 6.20 Å². The zero-order chi connectivity index (χ0) is 17.3. The number of piperazine rings is 1. The summed E-state index contributed by atoms with van der Waals surface area (Å²) in [5, 5.41) is 1.11. The van der Waals surface area contributed by atoms with E-state index in [1.165, 1.54) is 2.89 Å². The third-order valence-electron chi connectivity index (χ3n) is 3.19. The standard InChI is InChI=1S/C12H18N3O2S.C4H9.Sn/c1-12(2,3)17-11(16)15-7-5-14(6-8-15)10-13-4-9-18-10;1-4(2)3;/h4H,5-8H2,1-3H3;1-3H3;. The van der Waals surface area contributed by atoms with Gasteiger partial charge in [0.15, 0.2) is 0 Å². The fourth-order valence-corrected chi connectivity index (χ4v) is 8.77. The molecule has 1 aromatic rings. The van der Waals surface area contributed by atoms with Crippen LogP contribution >= 0.6 is 11.3 Å². The van der Waals surface area contributed by atoms with E-state index in [4.69, 9.17) is 4.74 Å². The molecule has 0 spiro atoms. The normalized spacial score (nSPS) is 16.6. The minimum absolute atomic E-state index is 0.209. The molecule has 2 heterocycles. The van der Waals surface area contributed by atoms with Crippen LogP contribution in [-0.4, -0.2) is 68.9 Å². The number of aromatic nitrogens is 1. The molecule has 0 atom stereocenters. The molecule has 0 unspecified atom stereocenters. The molecule has 5 nitrogen and oxygen atoms in total. The van der Waals surface area contributed by atoms with Gasteiger partial charge in [-0.2, -0.15) is 0 Å². The van der Waals surface area contributed by atoms with E-state index in [9.17, 15) is 4.79 Å².